The molecule has 2 N–H and O–H groups in total. The van der Waals surface area contributed by atoms with Crippen LogP contribution in [0, 0.1) is 20.8 Å². The molecule has 0 radical (unpaired) electrons. The van der Waals surface area contributed by atoms with E-state index in [1.807, 2.05) is 0 Å². The second-order valence-corrected chi connectivity index (χ2v) is 5.61. The van der Waals surface area contributed by atoms with Gasteiger partial charge < -0.3 is 9.72 Å². The van der Waals surface area contributed by atoms with Crippen molar-refractivity contribution >= 4 is 28.3 Å². The van der Waals surface area contributed by atoms with Gasteiger partial charge in [0.15, 0.2) is 0 Å². The zero-order valence-electron chi connectivity index (χ0n) is 12.2. The van der Waals surface area contributed by atoms with Gasteiger partial charge in [-0.1, -0.05) is 11.3 Å². The minimum absolute atomic E-state index is 0.286. The first-order valence-electron chi connectivity index (χ1n) is 6.41. The number of aromatic nitrogens is 3. The number of nitrogens with zero attached hydrogens (tertiary/aromatic N) is 2. The first kappa shape index (κ1) is 15.2. The topological polar surface area (TPSA) is 97.0 Å². The third kappa shape index (κ3) is 3.10. The molecule has 0 saturated heterocycles. The number of carbonyl (C=O) groups excluding carboxylic acids is 2. The van der Waals surface area contributed by atoms with Gasteiger partial charge >= 0.3 is 5.97 Å². The zero-order chi connectivity index (χ0) is 15.6. The summed E-state index contributed by atoms with van der Waals surface area (Å²) in [7, 11) is 0. The number of amides is 1. The molecule has 0 spiro atoms. The van der Waals surface area contributed by atoms with Crippen molar-refractivity contribution in [3.05, 3.63) is 27.5 Å². The highest BCUT2D eigenvalue weighted by Crippen LogP contribution is 2.21. The van der Waals surface area contributed by atoms with Gasteiger partial charge in [-0.15, -0.1) is 10.2 Å². The first-order valence-corrected chi connectivity index (χ1v) is 7.23. The van der Waals surface area contributed by atoms with Gasteiger partial charge in [0.25, 0.3) is 5.91 Å². The van der Waals surface area contributed by atoms with Gasteiger partial charge in [0, 0.05) is 5.69 Å². The number of rotatable bonds is 4. The SMILES string of the molecule is CCOC(=O)c1c(C)[nH]c(C(=O)Nc2nnc(C)s2)c1C. The van der Waals surface area contributed by atoms with Gasteiger partial charge in [0.05, 0.1) is 12.2 Å². The lowest BCUT2D eigenvalue weighted by molar-refractivity contribution is 0.0525. The summed E-state index contributed by atoms with van der Waals surface area (Å²) in [6.07, 6.45) is 0. The van der Waals surface area contributed by atoms with E-state index in [1.165, 1.54) is 11.3 Å². The van der Waals surface area contributed by atoms with E-state index >= 15 is 0 Å². The Hall–Kier alpha value is -2.22. The Balaban J connectivity index is 2.26. The molecule has 0 aromatic carbocycles. The van der Waals surface area contributed by atoms with Crippen molar-refractivity contribution in [2.75, 3.05) is 11.9 Å². The van der Waals surface area contributed by atoms with Crippen molar-refractivity contribution in [1.29, 1.82) is 0 Å². The van der Waals surface area contributed by atoms with E-state index in [2.05, 4.69) is 20.5 Å². The van der Waals surface area contributed by atoms with Crippen LogP contribution in [0.25, 0.3) is 0 Å². The van der Waals surface area contributed by atoms with Crippen LogP contribution in [0.15, 0.2) is 0 Å². The van der Waals surface area contributed by atoms with Crippen molar-refractivity contribution in [2.24, 2.45) is 0 Å². The molecule has 2 aromatic rings. The molecular weight excluding hydrogens is 292 g/mol. The summed E-state index contributed by atoms with van der Waals surface area (Å²) in [5, 5.41) is 11.5. The molecule has 0 saturated carbocycles. The summed E-state index contributed by atoms with van der Waals surface area (Å²) in [6.45, 7) is 7.26. The number of aryl methyl sites for hydroxylation is 2. The maximum Gasteiger partial charge on any atom is 0.340 e. The number of H-pyrrole nitrogens is 1. The highest BCUT2D eigenvalue weighted by molar-refractivity contribution is 7.15. The molecule has 2 aromatic heterocycles. The average molecular weight is 308 g/mol. The fraction of sp³-hybridized carbons (Fsp3) is 0.385. The summed E-state index contributed by atoms with van der Waals surface area (Å²) >= 11 is 1.28. The predicted molar refractivity (Wildman–Crippen MR) is 78.8 cm³/mol. The van der Waals surface area contributed by atoms with Crippen LogP contribution >= 0.6 is 11.3 Å². The Bertz CT molecular complexity index is 690. The number of ether oxygens (including phenoxy) is 1. The third-order valence-corrected chi connectivity index (χ3v) is 3.64. The molecule has 112 valence electrons. The van der Waals surface area contributed by atoms with Gasteiger partial charge in [-0.3, -0.25) is 10.1 Å². The Kier molecular flexibility index (Phi) is 4.37. The van der Waals surface area contributed by atoms with Crippen molar-refractivity contribution in [1.82, 2.24) is 15.2 Å². The normalized spacial score (nSPS) is 10.5. The Labute approximate surface area is 125 Å². The summed E-state index contributed by atoms with van der Waals surface area (Å²) in [5.74, 6) is -0.795. The lowest BCUT2D eigenvalue weighted by Gasteiger charge is -2.02. The van der Waals surface area contributed by atoms with Crippen LogP contribution in [-0.2, 0) is 4.74 Å². The van der Waals surface area contributed by atoms with E-state index in [0.717, 1.165) is 5.01 Å². The Morgan fingerprint density at radius 3 is 2.57 bits per heavy atom. The largest absolute Gasteiger partial charge is 0.462 e. The zero-order valence-corrected chi connectivity index (χ0v) is 13.1. The van der Waals surface area contributed by atoms with E-state index < -0.39 is 5.97 Å². The number of carbonyl (C=O) groups is 2. The van der Waals surface area contributed by atoms with Crippen LogP contribution < -0.4 is 5.32 Å². The van der Waals surface area contributed by atoms with Crippen LogP contribution in [0.3, 0.4) is 0 Å². The molecule has 0 atom stereocenters. The lowest BCUT2D eigenvalue weighted by atomic mass is 10.1. The summed E-state index contributed by atoms with van der Waals surface area (Å²) in [6, 6.07) is 0. The lowest BCUT2D eigenvalue weighted by Crippen LogP contribution is -2.14. The average Bonchev–Trinajstić information content (AvgIpc) is 2.93. The van der Waals surface area contributed by atoms with E-state index in [1.54, 1.807) is 27.7 Å². The highest BCUT2D eigenvalue weighted by Gasteiger charge is 2.23. The maximum absolute atomic E-state index is 12.2. The fourth-order valence-electron chi connectivity index (χ4n) is 1.99. The quantitative estimate of drug-likeness (QED) is 0.844. The minimum Gasteiger partial charge on any atom is -0.462 e. The standard InChI is InChI=1S/C13H16N4O3S/c1-5-20-12(19)9-6(2)10(14-7(9)3)11(18)15-13-17-16-8(4)21-13/h14H,5H2,1-4H3,(H,15,17,18). The van der Waals surface area contributed by atoms with E-state index in [0.29, 0.717) is 27.6 Å². The van der Waals surface area contributed by atoms with Crippen molar-refractivity contribution in [3.8, 4) is 0 Å². The fourth-order valence-corrected chi connectivity index (χ4v) is 2.58. The molecule has 2 heterocycles. The van der Waals surface area contributed by atoms with Crippen molar-refractivity contribution < 1.29 is 14.3 Å². The molecule has 7 nitrogen and oxygen atoms in total. The maximum atomic E-state index is 12.2. The van der Waals surface area contributed by atoms with Gasteiger partial charge in [-0.2, -0.15) is 0 Å². The van der Waals surface area contributed by atoms with E-state index in [-0.39, 0.29) is 12.5 Å². The number of esters is 1. The smallest absolute Gasteiger partial charge is 0.340 e. The van der Waals surface area contributed by atoms with Gasteiger partial charge in [-0.05, 0) is 33.3 Å². The summed E-state index contributed by atoms with van der Waals surface area (Å²) in [4.78, 5) is 27.0. The number of aromatic amines is 1. The Morgan fingerprint density at radius 2 is 2.00 bits per heavy atom. The Morgan fingerprint density at radius 1 is 1.29 bits per heavy atom. The third-order valence-electron chi connectivity index (χ3n) is 2.89. The monoisotopic (exact) mass is 308 g/mol. The second kappa shape index (κ2) is 6.04. The van der Waals surface area contributed by atoms with Crippen molar-refractivity contribution in [2.45, 2.75) is 27.7 Å². The minimum atomic E-state index is -0.436. The molecule has 0 aliphatic rings. The van der Waals surface area contributed by atoms with Crippen LogP contribution in [0.1, 0.15) is 44.0 Å². The molecule has 2 rings (SSSR count). The van der Waals surface area contributed by atoms with Crippen LogP contribution in [0.2, 0.25) is 0 Å². The number of anilines is 1. The molecule has 0 unspecified atom stereocenters. The molecule has 0 fully saturated rings. The van der Waals surface area contributed by atoms with Gasteiger partial charge in [0.2, 0.25) is 5.13 Å². The number of nitrogens with one attached hydrogen (secondary N) is 2. The van der Waals surface area contributed by atoms with Crippen LogP contribution in [0.5, 0.6) is 0 Å². The summed E-state index contributed by atoms with van der Waals surface area (Å²) < 4.78 is 4.99. The molecule has 0 aliphatic heterocycles. The van der Waals surface area contributed by atoms with Crippen molar-refractivity contribution in [3.63, 3.8) is 0 Å². The van der Waals surface area contributed by atoms with E-state index in [9.17, 15) is 9.59 Å². The van der Waals surface area contributed by atoms with Gasteiger partial charge in [0.1, 0.15) is 10.7 Å². The summed E-state index contributed by atoms with van der Waals surface area (Å²) in [5.41, 5.74) is 1.88. The van der Waals surface area contributed by atoms with Gasteiger partial charge in [-0.25, -0.2) is 4.79 Å². The first-order chi connectivity index (χ1) is 9.93. The molecular formula is C13H16N4O3S. The molecule has 0 bridgehead atoms. The molecule has 0 aliphatic carbocycles. The van der Waals surface area contributed by atoms with Crippen LogP contribution in [-0.4, -0.2) is 33.7 Å². The predicted octanol–water partition coefficient (Wildman–Crippen LogP) is 2.22. The molecule has 1 amide bonds. The van der Waals surface area contributed by atoms with E-state index in [4.69, 9.17) is 4.74 Å². The molecule has 8 heteroatoms. The second-order valence-electron chi connectivity index (χ2n) is 4.43. The number of hydrogen-bond donors (Lipinski definition) is 2. The number of hydrogen-bond acceptors (Lipinski definition) is 6. The molecule has 21 heavy (non-hydrogen) atoms. The highest BCUT2D eigenvalue weighted by atomic mass is 32.1. The van der Waals surface area contributed by atoms with Crippen LogP contribution in [0.4, 0.5) is 5.13 Å².